The van der Waals surface area contributed by atoms with E-state index in [1.165, 1.54) is 0 Å². The zero-order chi connectivity index (χ0) is 12.0. The maximum absolute atomic E-state index is 9.07. The fraction of sp³-hybridized carbons (Fsp3) is 1.00. The second-order valence-corrected chi connectivity index (χ2v) is 5.15. The summed E-state index contributed by atoms with van der Waals surface area (Å²) < 4.78 is 5.57. The minimum Gasteiger partial charge on any atom is -0.395 e. The molecule has 1 atom stereocenters. The third-order valence-corrected chi connectivity index (χ3v) is 3.49. The number of aliphatic hydroxyl groups is 1. The van der Waals surface area contributed by atoms with Gasteiger partial charge in [-0.2, -0.15) is 0 Å². The molecule has 0 aliphatic carbocycles. The molecular formula is C12H26N2O2. The molecule has 0 saturated carbocycles. The van der Waals surface area contributed by atoms with Crippen molar-refractivity contribution in [2.75, 3.05) is 39.5 Å². The van der Waals surface area contributed by atoms with Crippen molar-refractivity contribution in [3.8, 4) is 0 Å². The van der Waals surface area contributed by atoms with Crippen LogP contribution in [0.2, 0.25) is 0 Å². The Hall–Kier alpha value is -0.160. The number of nitrogens with two attached hydrogens (primary N) is 1. The van der Waals surface area contributed by atoms with Crippen LogP contribution in [-0.2, 0) is 4.74 Å². The molecule has 0 radical (unpaired) electrons. The highest BCUT2D eigenvalue weighted by Gasteiger charge is 2.33. The first-order valence-electron chi connectivity index (χ1n) is 6.26. The van der Waals surface area contributed by atoms with E-state index in [9.17, 15) is 0 Å². The van der Waals surface area contributed by atoms with Gasteiger partial charge in [-0.25, -0.2) is 0 Å². The maximum atomic E-state index is 9.07. The van der Waals surface area contributed by atoms with Crippen LogP contribution in [0.25, 0.3) is 0 Å². The highest BCUT2D eigenvalue weighted by Crippen LogP contribution is 2.29. The van der Waals surface area contributed by atoms with Crippen LogP contribution in [0.15, 0.2) is 0 Å². The first-order valence-corrected chi connectivity index (χ1v) is 6.26. The lowest BCUT2D eigenvalue weighted by Gasteiger charge is -2.41. The first kappa shape index (κ1) is 13.9. The van der Waals surface area contributed by atoms with Gasteiger partial charge in [-0.3, -0.25) is 4.90 Å². The zero-order valence-corrected chi connectivity index (χ0v) is 10.6. The van der Waals surface area contributed by atoms with Crippen molar-refractivity contribution < 1.29 is 9.84 Å². The Bertz CT molecular complexity index is 191. The van der Waals surface area contributed by atoms with E-state index in [1.807, 2.05) is 0 Å². The molecule has 4 heteroatoms. The molecule has 1 saturated heterocycles. The molecular weight excluding hydrogens is 204 g/mol. The standard InChI is InChI=1S/C12H26N2O2/c1-11(2)14(5-6-15)9-12(8-13)4-3-7-16-10-12/h11,15H,3-10,13H2,1-2H3. The molecule has 0 aromatic carbocycles. The SMILES string of the molecule is CC(C)N(CCO)CC1(CN)CCCOC1. The van der Waals surface area contributed by atoms with E-state index in [1.54, 1.807) is 0 Å². The second-order valence-electron chi connectivity index (χ2n) is 5.15. The zero-order valence-electron chi connectivity index (χ0n) is 10.6. The van der Waals surface area contributed by atoms with E-state index >= 15 is 0 Å². The highest BCUT2D eigenvalue weighted by molar-refractivity contribution is 4.87. The Morgan fingerprint density at radius 2 is 2.25 bits per heavy atom. The van der Waals surface area contributed by atoms with Gasteiger partial charge in [0.05, 0.1) is 13.2 Å². The van der Waals surface area contributed by atoms with Gasteiger partial charge in [0, 0.05) is 37.7 Å². The summed E-state index contributed by atoms with van der Waals surface area (Å²) in [6.07, 6.45) is 2.24. The van der Waals surface area contributed by atoms with E-state index in [4.69, 9.17) is 15.6 Å². The second kappa shape index (κ2) is 6.55. The van der Waals surface area contributed by atoms with Gasteiger partial charge >= 0.3 is 0 Å². The van der Waals surface area contributed by atoms with Gasteiger partial charge in [-0.15, -0.1) is 0 Å². The van der Waals surface area contributed by atoms with Crippen LogP contribution in [0.3, 0.4) is 0 Å². The van der Waals surface area contributed by atoms with E-state index in [2.05, 4.69) is 18.7 Å². The topological polar surface area (TPSA) is 58.7 Å². The average molecular weight is 230 g/mol. The number of rotatable bonds is 6. The molecule has 96 valence electrons. The molecule has 1 fully saturated rings. The van der Waals surface area contributed by atoms with E-state index in [0.717, 1.165) is 39.1 Å². The van der Waals surface area contributed by atoms with E-state index in [0.29, 0.717) is 12.6 Å². The Labute approximate surface area is 98.8 Å². The predicted molar refractivity (Wildman–Crippen MR) is 65.3 cm³/mol. The minimum absolute atomic E-state index is 0.0949. The number of nitrogens with zero attached hydrogens (tertiary/aromatic N) is 1. The van der Waals surface area contributed by atoms with Crippen molar-refractivity contribution in [2.45, 2.75) is 32.7 Å². The van der Waals surface area contributed by atoms with Crippen molar-refractivity contribution in [1.29, 1.82) is 0 Å². The van der Waals surface area contributed by atoms with Gasteiger partial charge < -0.3 is 15.6 Å². The summed E-state index contributed by atoms with van der Waals surface area (Å²) >= 11 is 0. The molecule has 1 heterocycles. The average Bonchev–Trinajstić information content (AvgIpc) is 2.29. The molecule has 1 unspecified atom stereocenters. The molecule has 4 nitrogen and oxygen atoms in total. The summed E-state index contributed by atoms with van der Waals surface area (Å²) in [7, 11) is 0. The number of ether oxygens (including phenoxy) is 1. The maximum Gasteiger partial charge on any atom is 0.0558 e. The van der Waals surface area contributed by atoms with Crippen LogP contribution < -0.4 is 5.73 Å². The van der Waals surface area contributed by atoms with E-state index in [-0.39, 0.29) is 12.0 Å². The van der Waals surface area contributed by atoms with Gasteiger partial charge in [0.1, 0.15) is 0 Å². The highest BCUT2D eigenvalue weighted by atomic mass is 16.5. The normalized spacial score (nSPS) is 26.6. The Morgan fingerprint density at radius 1 is 1.50 bits per heavy atom. The van der Waals surface area contributed by atoms with Crippen molar-refractivity contribution in [3.05, 3.63) is 0 Å². The van der Waals surface area contributed by atoms with Crippen molar-refractivity contribution in [1.82, 2.24) is 4.90 Å². The largest absolute Gasteiger partial charge is 0.395 e. The monoisotopic (exact) mass is 230 g/mol. The first-order chi connectivity index (χ1) is 7.63. The third kappa shape index (κ3) is 3.70. The lowest BCUT2D eigenvalue weighted by Crippen LogP contribution is -2.50. The molecule has 0 spiro atoms. The molecule has 0 aromatic heterocycles. The van der Waals surface area contributed by atoms with Crippen LogP contribution in [0.4, 0.5) is 0 Å². The summed E-state index contributed by atoms with van der Waals surface area (Å²) in [5.74, 6) is 0. The van der Waals surface area contributed by atoms with Gasteiger partial charge in [0.15, 0.2) is 0 Å². The summed E-state index contributed by atoms with van der Waals surface area (Å²) in [6, 6.07) is 0.442. The van der Waals surface area contributed by atoms with Crippen LogP contribution in [0.1, 0.15) is 26.7 Å². The van der Waals surface area contributed by atoms with Gasteiger partial charge in [-0.05, 0) is 26.7 Å². The van der Waals surface area contributed by atoms with Gasteiger partial charge in [0.25, 0.3) is 0 Å². The lowest BCUT2D eigenvalue weighted by molar-refractivity contribution is -0.0287. The number of aliphatic hydroxyl groups excluding tert-OH is 1. The molecule has 1 aliphatic heterocycles. The van der Waals surface area contributed by atoms with Gasteiger partial charge in [-0.1, -0.05) is 0 Å². The van der Waals surface area contributed by atoms with Crippen LogP contribution >= 0.6 is 0 Å². The Kier molecular flexibility index (Phi) is 5.69. The predicted octanol–water partition coefficient (Wildman–Crippen LogP) is 0.445. The Balaban J connectivity index is 2.57. The quantitative estimate of drug-likeness (QED) is 0.695. The van der Waals surface area contributed by atoms with Crippen molar-refractivity contribution in [2.24, 2.45) is 11.1 Å². The molecule has 3 N–H and O–H groups in total. The fourth-order valence-electron chi connectivity index (χ4n) is 2.34. The summed E-state index contributed by atoms with van der Waals surface area (Å²) in [5.41, 5.74) is 6.01. The third-order valence-electron chi connectivity index (χ3n) is 3.49. The smallest absolute Gasteiger partial charge is 0.0558 e. The minimum atomic E-state index is 0.0949. The van der Waals surface area contributed by atoms with Crippen LogP contribution in [0, 0.1) is 5.41 Å². The van der Waals surface area contributed by atoms with Gasteiger partial charge in [0.2, 0.25) is 0 Å². The number of hydrogen-bond donors (Lipinski definition) is 2. The summed E-state index contributed by atoms with van der Waals surface area (Å²) in [6.45, 7) is 8.47. The van der Waals surface area contributed by atoms with Crippen LogP contribution in [0.5, 0.6) is 0 Å². The molecule has 0 aromatic rings. The number of hydrogen-bond acceptors (Lipinski definition) is 4. The van der Waals surface area contributed by atoms with Crippen molar-refractivity contribution >= 4 is 0 Å². The van der Waals surface area contributed by atoms with E-state index < -0.39 is 0 Å². The molecule has 1 rings (SSSR count). The van der Waals surface area contributed by atoms with Crippen molar-refractivity contribution in [3.63, 3.8) is 0 Å². The lowest BCUT2D eigenvalue weighted by atomic mass is 9.81. The summed E-state index contributed by atoms with van der Waals surface area (Å²) in [5, 5.41) is 9.07. The fourth-order valence-corrected chi connectivity index (χ4v) is 2.34. The molecule has 16 heavy (non-hydrogen) atoms. The molecule has 0 amide bonds. The molecule has 1 aliphatic rings. The molecule has 0 bridgehead atoms. The Morgan fingerprint density at radius 3 is 2.69 bits per heavy atom. The van der Waals surface area contributed by atoms with Crippen LogP contribution in [-0.4, -0.2) is 55.5 Å². The summed E-state index contributed by atoms with van der Waals surface area (Å²) in [4.78, 5) is 2.29.